The van der Waals surface area contributed by atoms with Gasteiger partial charge in [0.2, 0.25) is 10.0 Å². The Morgan fingerprint density at radius 3 is 2.60 bits per heavy atom. The van der Waals surface area contributed by atoms with Crippen LogP contribution < -0.4 is 5.32 Å². The Labute approximate surface area is 120 Å². The molecule has 0 aliphatic carbocycles. The second-order valence-electron chi connectivity index (χ2n) is 5.01. The number of nitriles is 1. The smallest absolute Gasteiger partial charge is 0.244 e. The number of rotatable bonds is 4. The first kappa shape index (κ1) is 15.0. The molecule has 0 amide bonds. The van der Waals surface area contributed by atoms with Gasteiger partial charge >= 0.3 is 0 Å². The summed E-state index contributed by atoms with van der Waals surface area (Å²) in [5, 5.41) is 12.2. The fraction of sp³-hybridized carbons (Fsp3) is 0.500. The maximum absolute atomic E-state index is 12.6. The average molecular weight is 293 g/mol. The van der Waals surface area contributed by atoms with Crippen LogP contribution in [-0.4, -0.2) is 39.4 Å². The first-order valence-electron chi connectivity index (χ1n) is 6.73. The highest BCUT2D eigenvalue weighted by atomic mass is 32.2. The van der Waals surface area contributed by atoms with Gasteiger partial charge in [-0.1, -0.05) is 12.1 Å². The molecule has 1 heterocycles. The van der Waals surface area contributed by atoms with Crippen LogP contribution in [0.4, 0.5) is 0 Å². The van der Waals surface area contributed by atoms with Gasteiger partial charge in [0.25, 0.3) is 0 Å². The van der Waals surface area contributed by atoms with Gasteiger partial charge in [0.1, 0.15) is 6.07 Å². The van der Waals surface area contributed by atoms with E-state index in [0.29, 0.717) is 19.0 Å². The van der Waals surface area contributed by atoms with Gasteiger partial charge < -0.3 is 5.32 Å². The normalized spacial score (nSPS) is 17.8. The Kier molecular flexibility index (Phi) is 4.76. The van der Waals surface area contributed by atoms with E-state index in [-0.39, 0.29) is 10.5 Å². The molecule has 1 saturated heterocycles. The van der Waals surface area contributed by atoms with Crippen LogP contribution in [0, 0.1) is 17.2 Å². The van der Waals surface area contributed by atoms with Gasteiger partial charge in [-0.25, -0.2) is 8.42 Å². The van der Waals surface area contributed by atoms with Crippen LogP contribution in [0.15, 0.2) is 29.2 Å². The predicted molar refractivity (Wildman–Crippen MR) is 76.6 cm³/mol. The van der Waals surface area contributed by atoms with Crippen molar-refractivity contribution in [2.45, 2.75) is 17.7 Å². The molecule has 108 valence electrons. The standard InChI is InChI=1S/C14H19N3O2S/c1-16-11-12-6-8-17(9-7-12)20(18,19)14-5-3-2-4-13(14)10-15/h2-5,12,16H,6-9,11H2,1H3. The Hall–Kier alpha value is -1.42. The first-order chi connectivity index (χ1) is 9.59. The van der Waals surface area contributed by atoms with Gasteiger partial charge in [-0.2, -0.15) is 9.57 Å². The van der Waals surface area contributed by atoms with E-state index in [1.807, 2.05) is 13.1 Å². The van der Waals surface area contributed by atoms with E-state index in [4.69, 9.17) is 5.26 Å². The van der Waals surface area contributed by atoms with Crippen molar-refractivity contribution < 1.29 is 8.42 Å². The van der Waals surface area contributed by atoms with Crippen LogP contribution >= 0.6 is 0 Å². The Bertz CT molecular complexity index is 599. The summed E-state index contributed by atoms with van der Waals surface area (Å²) in [5.74, 6) is 0.526. The lowest BCUT2D eigenvalue weighted by atomic mass is 9.98. The van der Waals surface area contributed by atoms with Crippen molar-refractivity contribution in [3.63, 3.8) is 0 Å². The maximum atomic E-state index is 12.6. The summed E-state index contributed by atoms with van der Waals surface area (Å²) in [6.07, 6.45) is 1.71. The molecule has 1 N–H and O–H groups in total. The van der Waals surface area contributed by atoms with Crippen molar-refractivity contribution >= 4 is 10.0 Å². The van der Waals surface area contributed by atoms with Crippen molar-refractivity contribution in [2.75, 3.05) is 26.7 Å². The fourth-order valence-corrected chi connectivity index (χ4v) is 4.18. The third-order valence-electron chi connectivity index (χ3n) is 3.69. The molecule has 0 spiro atoms. The third kappa shape index (κ3) is 3.01. The van der Waals surface area contributed by atoms with E-state index in [2.05, 4.69) is 5.32 Å². The molecule has 0 unspecified atom stereocenters. The topological polar surface area (TPSA) is 73.2 Å². The number of nitrogens with zero attached hydrogens (tertiary/aromatic N) is 2. The molecule has 0 radical (unpaired) electrons. The lowest BCUT2D eigenvalue weighted by Gasteiger charge is -2.31. The van der Waals surface area contributed by atoms with Crippen molar-refractivity contribution in [3.8, 4) is 6.07 Å². The summed E-state index contributed by atoms with van der Waals surface area (Å²) in [7, 11) is -1.64. The van der Waals surface area contributed by atoms with Gasteiger partial charge in [0.05, 0.1) is 10.5 Å². The van der Waals surface area contributed by atoms with E-state index in [1.54, 1.807) is 18.2 Å². The number of nitrogens with one attached hydrogen (secondary N) is 1. The predicted octanol–water partition coefficient (Wildman–Crippen LogP) is 1.18. The molecule has 0 aromatic heterocycles. The summed E-state index contributed by atoms with van der Waals surface area (Å²) in [4.78, 5) is 0.120. The number of piperidine rings is 1. The monoisotopic (exact) mass is 293 g/mol. The van der Waals surface area contributed by atoms with Crippen molar-refractivity contribution in [1.82, 2.24) is 9.62 Å². The molecule has 0 atom stereocenters. The van der Waals surface area contributed by atoms with E-state index in [0.717, 1.165) is 19.4 Å². The fourth-order valence-electron chi connectivity index (χ4n) is 2.57. The minimum Gasteiger partial charge on any atom is -0.319 e. The number of hydrogen-bond donors (Lipinski definition) is 1. The van der Waals surface area contributed by atoms with Crippen LogP contribution in [0.2, 0.25) is 0 Å². The third-order valence-corrected chi connectivity index (χ3v) is 5.65. The summed E-state index contributed by atoms with van der Waals surface area (Å²) < 4.78 is 26.7. The molecule has 1 aliphatic heterocycles. The van der Waals surface area contributed by atoms with Crippen LogP contribution in [0.5, 0.6) is 0 Å². The number of benzene rings is 1. The molecule has 2 rings (SSSR count). The number of hydrogen-bond acceptors (Lipinski definition) is 4. The molecule has 0 bridgehead atoms. The van der Waals surface area contributed by atoms with Gasteiger partial charge in [-0.05, 0) is 44.5 Å². The minimum atomic E-state index is -3.55. The molecule has 0 saturated carbocycles. The van der Waals surface area contributed by atoms with Gasteiger partial charge in [-0.3, -0.25) is 0 Å². The molecule has 5 nitrogen and oxygen atoms in total. The molecule has 1 aromatic carbocycles. The Morgan fingerprint density at radius 1 is 1.35 bits per heavy atom. The van der Waals surface area contributed by atoms with Crippen LogP contribution in [0.3, 0.4) is 0 Å². The van der Waals surface area contributed by atoms with Crippen molar-refractivity contribution in [2.24, 2.45) is 5.92 Å². The first-order valence-corrected chi connectivity index (χ1v) is 8.17. The van der Waals surface area contributed by atoms with Gasteiger partial charge in [-0.15, -0.1) is 0 Å². The largest absolute Gasteiger partial charge is 0.319 e. The van der Waals surface area contributed by atoms with Crippen molar-refractivity contribution in [1.29, 1.82) is 5.26 Å². The average Bonchev–Trinajstić information content (AvgIpc) is 2.48. The van der Waals surface area contributed by atoms with E-state index >= 15 is 0 Å². The molecule has 20 heavy (non-hydrogen) atoms. The maximum Gasteiger partial charge on any atom is 0.244 e. The van der Waals surface area contributed by atoms with E-state index in [9.17, 15) is 8.42 Å². The lowest BCUT2D eigenvalue weighted by Crippen LogP contribution is -2.40. The minimum absolute atomic E-state index is 0.120. The highest BCUT2D eigenvalue weighted by Crippen LogP contribution is 2.25. The summed E-state index contributed by atoms with van der Waals surface area (Å²) >= 11 is 0. The summed E-state index contributed by atoms with van der Waals surface area (Å²) in [6.45, 7) is 1.96. The summed E-state index contributed by atoms with van der Waals surface area (Å²) in [6, 6.07) is 8.34. The Balaban J connectivity index is 2.18. The molecular formula is C14H19N3O2S. The zero-order chi connectivity index (χ0) is 14.6. The van der Waals surface area contributed by atoms with Crippen LogP contribution in [-0.2, 0) is 10.0 Å². The SMILES string of the molecule is CNCC1CCN(S(=O)(=O)c2ccccc2C#N)CC1. The van der Waals surface area contributed by atoms with Crippen LogP contribution in [0.1, 0.15) is 18.4 Å². The van der Waals surface area contributed by atoms with E-state index < -0.39 is 10.0 Å². The second kappa shape index (κ2) is 6.35. The lowest BCUT2D eigenvalue weighted by molar-refractivity contribution is 0.270. The zero-order valence-corrected chi connectivity index (χ0v) is 12.4. The quantitative estimate of drug-likeness (QED) is 0.904. The van der Waals surface area contributed by atoms with Crippen LogP contribution in [0.25, 0.3) is 0 Å². The highest BCUT2D eigenvalue weighted by molar-refractivity contribution is 7.89. The molecule has 1 aromatic rings. The zero-order valence-electron chi connectivity index (χ0n) is 11.5. The molecule has 6 heteroatoms. The molecule has 1 fully saturated rings. The van der Waals surface area contributed by atoms with Gasteiger partial charge in [0.15, 0.2) is 0 Å². The van der Waals surface area contributed by atoms with E-state index in [1.165, 1.54) is 10.4 Å². The summed E-state index contributed by atoms with van der Waals surface area (Å²) in [5.41, 5.74) is 0.213. The Morgan fingerprint density at radius 2 is 2.00 bits per heavy atom. The number of sulfonamides is 1. The van der Waals surface area contributed by atoms with Crippen molar-refractivity contribution in [3.05, 3.63) is 29.8 Å². The van der Waals surface area contributed by atoms with Gasteiger partial charge in [0, 0.05) is 13.1 Å². The molecular weight excluding hydrogens is 274 g/mol. The highest BCUT2D eigenvalue weighted by Gasteiger charge is 2.30. The second-order valence-corrected chi connectivity index (χ2v) is 6.92. The molecule has 1 aliphatic rings.